The zero-order chi connectivity index (χ0) is 41.1. The highest BCUT2D eigenvalue weighted by Gasteiger charge is 2.36. The fourth-order valence-electron chi connectivity index (χ4n) is 7.60. The SMILES string of the molecule is Cc1ccc2c(C(=O)C(=O)N3CCN(C(=O)c4ccccc4)C[C@H]3C)c[nH]c2n1.Cc1ccnc2[nH]cc(C(=O)C(=O)N3CCN(C(=O)c4ccccc4)C[C@H]3C)c12. The molecule has 14 nitrogen and oxygen atoms in total. The van der Waals surface area contributed by atoms with Gasteiger partial charge in [-0.25, -0.2) is 9.97 Å². The highest BCUT2D eigenvalue weighted by molar-refractivity contribution is 6.45. The molecule has 2 atom stereocenters. The number of aryl methyl sites for hydroxylation is 2. The van der Waals surface area contributed by atoms with Gasteiger partial charge in [-0.15, -0.1) is 0 Å². The third kappa shape index (κ3) is 7.85. The number of carbonyl (C=O) groups is 6. The number of aromatic amines is 2. The van der Waals surface area contributed by atoms with Crippen LogP contribution in [0.5, 0.6) is 0 Å². The van der Waals surface area contributed by atoms with E-state index in [1.54, 1.807) is 62.3 Å². The number of fused-ring (bicyclic) bond motifs is 2. The molecule has 0 aliphatic carbocycles. The molecule has 0 saturated carbocycles. The third-order valence-corrected chi connectivity index (χ3v) is 10.7. The van der Waals surface area contributed by atoms with E-state index in [4.69, 9.17) is 0 Å². The van der Waals surface area contributed by atoms with Crippen LogP contribution in [0.4, 0.5) is 0 Å². The molecule has 296 valence electrons. The number of hydrogen-bond acceptors (Lipinski definition) is 8. The lowest BCUT2D eigenvalue weighted by Crippen LogP contribution is -2.56. The lowest BCUT2D eigenvalue weighted by Gasteiger charge is -2.39. The maximum atomic E-state index is 12.9. The summed E-state index contributed by atoms with van der Waals surface area (Å²) in [5, 5.41) is 1.32. The van der Waals surface area contributed by atoms with Crippen LogP contribution in [0.3, 0.4) is 0 Å². The van der Waals surface area contributed by atoms with E-state index in [-0.39, 0.29) is 23.9 Å². The van der Waals surface area contributed by atoms with Crippen LogP contribution in [0.1, 0.15) is 66.5 Å². The van der Waals surface area contributed by atoms with Gasteiger partial charge in [0, 0.05) is 97.5 Å². The van der Waals surface area contributed by atoms with Crippen molar-refractivity contribution in [2.75, 3.05) is 39.3 Å². The van der Waals surface area contributed by atoms with Crippen molar-refractivity contribution in [2.24, 2.45) is 0 Å². The minimum absolute atomic E-state index is 0.0609. The average Bonchev–Trinajstić information content (AvgIpc) is 3.88. The van der Waals surface area contributed by atoms with Gasteiger partial charge >= 0.3 is 0 Å². The number of ketones is 2. The second-order valence-electron chi connectivity index (χ2n) is 14.7. The van der Waals surface area contributed by atoms with Crippen molar-refractivity contribution in [3.05, 3.63) is 131 Å². The van der Waals surface area contributed by atoms with Crippen LogP contribution in [-0.4, -0.2) is 126 Å². The van der Waals surface area contributed by atoms with Gasteiger partial charge in [-0.05, 0) is 75.7 Å². The number of rotatable bonds is 6. The van der Waals surface area contributed by atoms with Gasteiger partial charge in [0.2, 0.25) is 0 Å². The molecule has 4 aromatic heterocycles. The zero-order valence-electron chi connectivity index (χ0n) is 32.8. The van der Waals surface area contributed by atoms with E-state index in [1.807, 2.05) is 76.2 Å². The molecular weight excluding hydrogens is 737 g/mol. The summed E-state index contributed by atoms with van der Waals surface area (Å²) in [5.41, 5.74) is 4.81. The van der Waals surface area contributed by atoms with Gasteiger partial charge in [0.25, 0.3) is 35.2 Å². The number of nitrogens with zero attached hydrogens (tertiary/aromatic N) is 6. The minimum Gasteiger partial charge on any atom is -0.345 e. The Labute approximate surface area is 334 Å². The topological polar surface area (TPSA) is 173 Å². The van der Waals surface area contributed by atoms with E-state index >= 15 is 0 Å². The Kier molecular flexibility index (Phi) is 11.3. The van der Waals surface area contributed by atoms with Gasteiger partial charge in [0.15, 0.2) is 0 Å². The molecule has 8 rings (SSSR count). The molecule has 0 spiro atoms. The molecule has 2 saturated heterocycles. The largest absolute Gasteiger partial charge is 0.345 e. The highest BCUT2D eigenvalue weighted by Crippen LogP contribution is 2.24. The van der Waals surface area contributed by atoms with Gasteiger partial charge in [0.1, 0.15) is 11.3 Å². The van der Waals surface area contributed by atoms with Crippen molar-refractivity contribution in [1.82, 2.24) is 39.5 Å². The van der Waals surface area contributed by atoms with Gasteiger partial charge in [0.05, 0.1) is 11.1 Å². The van der Waals surface area contributed by atoms with E-state index in [9.17, 15) is 28.8 Å². The first-order chi connectivity index (χ1) is 27.9. The number of Topliss-reactive ketones (excluding diaryl/α,β-unsaturated/α-hetero) is 2. The standard InChI is InChI=1S/2C22H22N4O3/c1-14-8-9-23-20-18(14)17(12-24-20)19(27)22(29)26-11-10-25(13-15(26)2)21(28)16-6-4-3-5-7-16;1-14-8-9-17-18(12-23-20(17)24-14)19(27)22(29)26-11-10-25(13-15(26)2)21(28)16-6-4-3-5-7-16/h2*3-9,12,15H,10-11,13H2,1-2H3,(H,23,24)/t2*15-/m11/s1. The second kappa shape index (κ2) is 16.6. The molecule has 0 unspecified atom stereocenters. The normalized spacial score (nSPS) is 16.8. The monoisotopic (exact) mass is 780 g/mol. The summed E-state index contributed by atoms with van der Waals surface area (Å²) < 4.78 is 0. The molecule has 58 heavy (non-hydrogen) atoms. The van der Waals surface area contributed by atoms with E-state index in [2.05, 4.69) is 19.9 Å². The molecule has 6 aromatic rings. The number of carbonyl (C=O) groups excluding carboxylic acids is 6. The summed E-state index contributed by atoms with van der Waals surface area (Å²) in [6.45, 7) is 9.68. The minimum atomic E-state index is -0.559. The molecule has 0 radical (unpaired) electrons. The van der Waals surface area contributed by atoms with Crippen LogP contribution in [-0.2, 0) is 9.59 Å². The Bertz CT molecular complexity index is 2530. The van der Waals surface area contributed by atoms with Gasteiger partial charge < -0.3 is 29.6 Å². The second-order valence-corrected chi connectivity index (χ2v) is 14.7. The first-order valence-electron chi connectivity index (χ1n) is 19.2. The molecule has 2 N–H and O–H groups in total. The Hall–Kier alpha value is -6.96. The summed E-state index contributed by atoms with van der Waals surface area (Å²) in [7, 11) is 0. The van der Waals surface area contributed by atoms with E-state index in [1.165, 1.54) is 6.20 Å². The Morgan fingerprint density at radius 2 is 1.10 bits per heavy atom. The maximum Gasteiger partial charge on any atom is 0.295 e. The molecule has 0 bridgehead atoms. The smallest absolute Gasteiger partial charge is 0.295 e. The number of hydrogen-bond donors (Lipinski definition) is 2. The molecule has 4 amide bonds. The quantitative estimate of drug-likeness (QED) is 0.178. The summed E-state index contributed by atoms with van der Waals surface area (Å²) >= 11 is 0. The summed E-state index contributed by atoms with van der Waals surface area (Å²) in [6.07, 6.45) is 4.75. The number of piperazine rings is 2. The highest BCUT2D eigenvalue weighted by atomic mass is 16.2. The fourth-order valence-corrected chi connectivity index (χ4v) is 7.60. The van der Waals surface area contributed by atoms with E-state index < -0.39 is 23.4 Å². The van der Waals surface area contributed by atoms with Gasteiger partial charge in [-0.2, -0.15) is 0 Å². The molecule has 2 aliphatic rings. The Balaban J connectivity index is 0.000000177. The lowest BCUT2D eigenvalue weighted by molar-refractivity contribution is -0.130. The average molecular weight is 781 g/mol. The zero-order valence-corrected chi connectivity index (χ0v) is 32.8. The number of H-pyrrole nitrogens is 2. The lowest BCUT2D eigenvalue weighted by atomic mass is 10.0. The molecular formula is C44H44N8O6. The van der Waals surface area contributed by atoms with Crippen LogP contribution >= 0.6 is 0 Å². The van der Waals surface area contributed by atoms with Crippen molar-refractivity contribution < 1.29 is 28.8 Å². The number of benzene rings is 2. The number of pyridine rings is 2. The van der Waals surface area contributed by atoms with Crippen LogP contribution in [0.25, 0.3) is 22.1 Å². The van der Waals surface area contributed by atoms with Crippen molar-refractivity contribution in [2.45, 2.75) is 39.8 Å². The van der Waals surface area contributed by atoms with Crippen LogP contribution < -0.4 is 0 Å². The van der Waals surface area contributed by atoms with Crippen molar-refractivity contribution in [3.8, 4) is 0 Å². The molecule has 2 aliphatic heterocycles. The predicted octanol–water partition coefficient (Wildman–Crippen LogP) is 4.85. The summed E-state index contributed by atoms with van der Waals surface area (Å²) in [5.74, 6) is -2.33. The van der Waals surface area contributed by atoms with Gasteiger partial charge in [-0.3, -0.25) is 28.8 Å². The van der Waals surface area contributed by atoms with Crippen molar-refractivity contribution >= 4 is 57.3 Å². The number of nitrogens with one attached hydrogen (secondary N) is 2. The van der Waals surface area contributed by atoms with Crippen LogP contribution in [0, 0.1) is 13.8 Å². The Morgan fingerprint density at radius 1 is 0.603 bits per heavy atom. The fraction of sp³-hybridized carbons (Fsp3) is 0.273. The van der Waals surface area contributed by atoms with Crippen LogP contribution in [0.15, 0.2) is 97.5 Å². The third-order valence-electron chi connectivity index (χ3n) is 10.7. The summed E-state index contributed by atoms with van der Waals surface area (Å²) in [6, 6.07) is 23.1. The first-order valence-corrected chi connectivity index (χ1v) is 19.2. The van der Waals surface area contributed by atoms with Crippen molar-refractivity contribution in [1.29, 1.82) is 0 Å². The Morgan fingerprint density at radius 3 is 1.64 bits per heavy atom. The first kappa shape index (κ1) is 39.3. The predicted molar refractivity (Wildman–Crippen MR) is 217 cm³/mol. The van der Waals surface area contributed by atoms with E-state index in [0.29, 0.717) is 83.6 Å². The van der Waals surface area contributed by atoms with E-state index in [0.717, 1.165) is 11.3 Å². The van der Waals surface area contributed by atoms with Crippen molar-refractivity contribution in [3.63, 3.8) is 0 Å². The number of amides is 4. The maximum absolute atomic E-state index is 12.9. The summed E-state index contributed by atoms with van der Waals surface area (Å²) in [4.78, 5) is 98.0. The molecule has 2 fully saturated rings. The van der Waals surface area contributed by atoms with Gasteiger partial charge in [-0.1, -0.05) is 36.4 Å². The molecule has 14 heteroatoms. The molecule has 2 aromatic carbocycles. The number of aromatic nitrogens is 4. The van der Waals surface area contributed by atoms with Crippen LogP contribution in [0.2, 0.25) is 0 Å². The molecule has 6 heterocycles.